The SMILES string of the molecule is CC/C=C\C/C=C\C/C=C\C/C=C\C/C=C\C/C=C\C/C=C\C/C=C\CCCCCCCCCCCCCCCCC(=O)NC(COC1OC(CO)C(O)C(O)C1O)C(O)/C=C/CC/C=C/CC/C=C/CCCCCCCCCCCCCCC. The van der Waals surface area contributed by atoms with Crippen LogP contribution in [0.2, 0.25) is 0 Å². The number of ether oxygens (including phenoxy) is 2. The molecule has 0 radical (unpaired) electrons. The van der Waals surface area contributed by atoms with Crippen LogP contribution in [-0.4, -0.2) is 87.5 Å². The van der Waals surface area contributed by atoms with Gasteiger partial charge in [0.25, 0.3) is 0 Å². The third-order valence-corrected chi connectivity index (χ3v) is 15.7. The van der Waals surface area contributed by atoms with E-state index in [4.69, 9.17) is 9.47 Å². The number of unbranched alkanes of at least 4 members (excludes halogenated alkanes) is 29. The molecule has 0 aromatic heterocycles. The Kier molecular flexibility index (Phi) is 59.1. The largest absolute Gasteiger partial charge is 0.394 e. The Balaban J connectivity index is 2.16. The number of carbonyl (C=O) groups is 1. The molecule has 6 N–H and O–H groups in total. The van der Waals surface area contributed by atoms with E-state index in [1.54, 1.807) is 6.08 Å². The molecule has 0 bridgehead atoms. The number of hydrogen-bond donors (Lipinski definition) is 6. The summed E-state index contributed by atoms with van der Waals surface area (Å²) in [6, 6.07) is -0.838. The first kappa shape index (κ1) is 79.3. The number of amides is 1. The van der Waals surface area contributed by atoms with Crippen molar-refractivity contribution < 1.29 is 39.8 Å². The zero-order valence-electron chi connectivity index (χ0n) is 54.3. The highest BCUT2D eigenvalue weighted by Crippen LogP contribution is 2.23. The van der Waals surface area contributed by atoms with E-state index in [-0.39, 0.29) is 12.5 Å². The lowest BCUT2D eigenvalue weighted by Crippen LogP contribution is -2.60. The van der Waals surface area contributed by atoms with Crippen molar-refractivity contribution in [1.82, 2.24) is 5.32 Å². The molecule has 0 saturated carbocycles. The van der Waals surface area contributed by atoms with Gasteiger partial charge < -0.3 is 40.3 Å². The first-order valence-corrected chi connectivity index (χ1v) is 34.9. The molecule has 1 amide bonds. The quantitative estimate of drug-likeness (QED) is 0.0261. The maximum atomic E-state index is 13.1. The van der Waals surface area contributed by atoms with Gasteiger partial charge >= 0.3 is 0 Å². The van der Waals surface area contributed by atoms with E-state index in [0.29, 0.717) is 6.42 Å². The number of allylic oxidation sites excluding steroid dienone is 21. The predicted octanol–water partition coefficient (Wildman–Crippen LogP) is 19.2. The van der Waals surface area contributed by atoms with Crippen molar-refractivity contribution in [2.75, 3.05) is 13.2 Å². The second-order valence-corrected chi connectivity index (χ2v) is 23.6. The molecular weight excluding hydrogens is 1050 g/mol. The summed E-state index contributed by atoms with van der Waals surface area (Å²) in [4.78, 5) is 13.1. The van der Waals surface area contributed by atoms with Crippen LogP contribution in [0.15, 0.2) is 134 Å². The van der Waals surface area contributed by atoms with Crippen LogP contribution in [0.4, 0.5) is 0 Å². The Morgan fingerprint density at radius 3 is 1.13 bits per heavy atom. The van der Waals surface area contributed by atoms with Gasteiger partial charge in [0.2, 0.25) is 5.91 Å². The highest BCUT2D eigenvalue weighted by molar-refractivity contribution is 5.76. The van der Waals surface area contributed by atoms with Gasteiger partial charge in [0.05, 0.1) is 25.4 Å². The van der Waals surface area contributed by atoms with Gasteiger partial charge in [-0.25, -0.2) is 0 Å². The van der Waals surface area contributed by atoms with Crippen molar-refractivity contribution in [2.24, 2.45) is 0 Å². The predicted molar refractivity (Wildman–Crippen MR) is 363 cm³/mol. The van der Waals surface area contributed by atoms with E-state index in [1.165, 1.54) is 167 Å². The van der Waals surface area contributed by atoms with Gasteiger partial charge in [-0.1, -0.05) is 302 Å². The molecule has 0 aliphatic carbocycles. The summed E-state index contributed by atoms with van der Waals surface area (Å²) < 4.78 is 11.3. The summed E-state index contributed by atoms with van der Waals surface area (Å²) in [6.07, 6.45) is 89.8. The summed E-state index contributed by atoms with van der Waals surface area (Å²) in [5.74, 6) is -0.194. The van der Waals surface area contributed by atoms with Crippen LogP contribution < -0.4 is 5.32 Å². The first-order chi connectivity index (χ1) is 41.8. The standard InChI is InChI=1S/C76H129NO8/c1-3-5-7-9-11-13-15-17-19-21-23-25-27-28-29-30-31-32-33-34-35-36-37-38-39-40-41-42-44-46-48-50-52-54-56-58-60-62-64-66-72(80)77-69(68-84-76-75(83)74(82)73(81)71(67-78)85-76)70(79)65-63-61-59-57-55-53-51-49-47-45-43-26-24-22-20-18-16-14-12-10-8-6-4-2/h5,7,11,13,17,19,23,25,28-29,31-32,34-35,37-38,47,49,55,57,63,65,69-71,73-76,78-79,81-83H,3-4,6,8-10,12,14-16,18,20-22,24,26-27,30,33,36,39-46,48,50-54,56,58-62,64,66-68H2,1-2H3,(H,77,80)/b7-5-,13-11-,19-17-,25-23-,29-28-,32-31-,35-34-,38-37-,49-47+,57-55+,65-63+. The fraction of sp³-hybridized carbons (Fsp3) is 0.697. The zero-order valence-corrected chi connectivity index (χ0v) is 54.3. The van der Waals surface area contributed by atoms with Crippen LogP contribution in [0, 0.1) is 0 Å². The van der Waals surface area contributed by atoms with Crippen molar-refractivity contribution in [3.63, 3.8) is 0 Å². The molecule has 7 atom stereocenters. The highest BCUT2D eigenvalue weighted by Gasteiger charge is 2.44. The number of nitrogens with one attached hydrogen (secondary N) is 1. The molecule has 0 aromatic carbocycles. The molecule has 7 unspecified atom stereocenters. The zero-order chi connectivity index (χ0) is 61.4. The molecule has 1 saturated heterocycles. The number of aliphatic hydroxyl groups is 5. The summed E-state index contributed by atoms with van der Waals surface area (Å²) in [7, 11) is 0. The number of carbonyl (C=O) groups excluding carboxylic acids is 1. The van der Waals surface area contributed by atoms with E-state index in [9.17, 15) is 30.3 Å². The van der Waals surface area contributed by atoms with Crippen LogP contribution in [0.5, 0.6) is 0 Å². The van der Waals surface area contributed by atoms with Crippen LogP contribution in [0.3, 0.4) is 0 Å². The van der Waals surface area contributed by atoms with E-state index in [1.807, 2.05) is 6.08 Å². The normalized spacial score (nSPS) is 19.0. The van der Waals surface area contributed by atoms with Gasteiger partial charge in [-0.3, -0.25) is 4.79 Å². The fourth-order valence-electron chi connectivity index (χ4n) is 10.3. The lowest BCUT2D eigenvalue weighted by molar-refractivity contribution is -0.302. The van der Waals surface area contributed by atoms with Gasteiger partial charge in [0, 0.05) is 6.42 Å². The molecule has 0 aromatic rings. The van der Waals surface area contributed by atoms with E-state index in [0.717, 1.165) is 96.3 Å². The number of hydrogen-bond acceptors (Lipinski definition) is 8. The van der Waals surface area contributed by atoms with E-state index >= 15 is 0 Å². The summed E-state index contributed by atoms with van der Waals surface area (Å²) in [5, 5.41) is 54.7. The maximum Gasteiger partial charge on any atom is 0.220 e. The lowest BCUT2D eigenvalue weighted by Gasteiger charge is -2.40. The van der Waals surface area contributed by atoms with Crippen LogP contribution in [0.1, 0.15) is 284 Å². The molecule has 1 aliphatic heterocycles. The second-order valence-electron chi connectivity index (χ2n) is 23.6. The average molecular weight is 1180 g/mol. The Bertz CT molecular complexity index is 1800. The summed E-state index contributed by atoms with van der Waals surface area (Å²) >= 11 is 0. The minimum absolute atomic E-state index is 0.194. The van der Waals surface area contributed by atoms with Crippen LogP contribution in [0.25, 0.3) is 0 Å². The van der Waals surface area contributed by atoms with Gasteiger partial charge in [-0.05, 0) is 109 Å². The fourth-order valence-corrected chi connectivity index (χ4v) is 10.3. The lowest BCUT2D eigenvalue weighted by atomic mass is 9.99. The van der Waals surface area contributed by atoms with Crippen LogP contribution in [-0.2, 0) is 14.3 Å². The summed E-state index contributed by atoms with van der Waals surface area (Å²) in [5.41, 5.74) is 0. The molecule has 9 heteroatoms. The molecule has 1 heterocycles. The second kappa shape index (κ2) is 63.4. The maximum absolute atomic E-state index is 13.1. The Morgan fingerprint density at radius 1 is 0.412 bits per heavy atom. The minimum atomic E-state index is -1.58. The molecule has 1 fully saturated rings. The van der Waals surface area contributed by atoms with Crippen molar-refractivity contribution in [1.29, 1.82) is 0 Å². The molecule has 85 heavy (non-hydrogen) atoms. The highest BCUT2D eigenvalue weighted by atomic mass is 16.7. The number of rotatable bonds is 59. The minimum Gasteiger partial charge on any atom is -0.394 e. The molecule has 0 spiro atoms. The Morgan fingerprint density at radius 2 is 0.741 bits per heavy atom. The van der Waals surface area contributed by atoms with Crippen molar-refractivity contribution in [3.8, 4) is 0 Å². The molecule has 9 nitrogen and oxygen atoms in total. The molecular formula is C76H129NO8. The first-order valence-electron chi connectivity index (χ1n) is 34.9. The molecule has 1 aliphatic rings. The van der Waals surface area contributed by atoms with Gasteiger partial charge in [0.15, 0.2) is 6.29 Å². The third-order valence-electron chi connectivity index (χ3n) is 15.7. The van der Waals surface area contributed by atoms with Crippen molar-refractivity contribution in [2.45, 2.75) is 326 Å². The molecule has 486 valence electrons. The topological polar surface area (TPSA) is 149 Å². The monoisotopic (exact) mass is 1180 g/mol. The van der Waals surface area contributed by atoms with Crippen LogP contribution >= 0.6 is 0 Å². The smallest absolute Gasteiger partial charge is 0.220 e. The average Bonchev–Trinajstić information content (AvgIpc) is 3.66. The Labute approximate surface area is 521 Å². The van der Waals surface area contributed by atoms with Crippen molar-refractivity contribution in [3.05, 3.63) is 134 Å². The Hall–Kier alpha value is -3.67. The number of aliphatic hydroxyl groups excluding tert-OH is 5. The van der Waals surface area contributed by atoms with Crippen molar-refractivity contribution >= 4 is 5.91 Å². The van der Waals surface area contributed by atoms with E-state index < -0.39 is 49.5 Å². The van der Waals surface area contributed by atoms with Gasteiger partial charge in [-0.2, -0.15) is 0 Å². The molecule has 1 rings (SSSR count). The third kappa shape index (κ3) is 52.0. The summed E-state index contributed by atoms with van der Waals surface area (Å²) in [6.45, 7) is 3.66. The van der Waals surface area contributed by atoms with Gasteiger partial charge in [0.1, 0.15) is 24.4 Å². The van der Waals surface area contributed by atoms with E-state index in [2.05, 4.69) is 141 Å². The van der Waals surface area contributed by atoms with Gasteiger partial charge in [-0.15, -0.1) is 0 Å².